The van der Waals surface area contributed by atoms with Gasteiger partial charge in [-0.05, 0) is 30.7 Å². The van der Waals surface area contributed by atoms with Gasteiger partial charge in [-0.2, -0.15) is 0 Å². The van der Waals surface area contributed by atoms with E-state index in [2.05, 4.69) is 10.5 Å². The van der Waals surface area contributed by atoms with Crippen LogP contribution in [0.4, 0.5) is 5.69 Å². The number of nitrogens with one attached hydrogen (secondary N) is 1. The van der Waals surface area contributed by atoms with Crippen molar-refractivity contribution in [3.8, 4) is 5.75 Å². The monoisotopic (exact) mass is 247 g/mol. The van der Waals surface area contributed by atoms with Gasteiger partial charge < -0.3 is 20.7 Å². The second kappa shape index (κ2) is 6.07. The second-order valence-corrected chi connectivity index (χ2v) is 4.08. The van der Waals surface area contributed by atoms with Crippen LogP contribution < -0.4 is 11.1 Å². The highest BCUT2D eigenvalue weighted by atomic mass is 16.5. The fraction of sp³-hybridized carbons (Fsp3) is 0.308. The van der Waals surface area contributed by atoms with Crippen LogP contribution in [0.2, 0.25) is 0 Å². The van der Waals surface area contributed by atoms with Crippen molar-refractivity contribution in [1.29, 1.82) is 0 Å². The number of rotatable bonds is 6. The van der Waals surface area contributed by atoms with Gasteiger partial charge in [-0.1, -0.05) is 17.3 Å². The number of anilines is 1. The molecule has 0 aliphatic carbocycles. The van der Waals surface area contributed by atoms with Gasteiger partial charge in [0.1, 0.15) is 5.75 Å². The largest absolute Gasteiger partial charge is 0.508 e. The lowest BCUT2D eigenvalue weighted by atomic mass is 10.1. The molecule has 0 aliphatic heterocycles. The molecule has 1 heterocycles. The summed E-state index contributed by atoms with van der Waals surface area (Å²) in [5.74, 6) is 1.02. The molecule has 0 amide bonds. The molecular formula is C13H17N3O2. The van der Waals surface area contributed by atoms with Crippen LogP contribution in [0.3, 0.4) is 0 Å². The zero-order valence-electron chi connectivity index (χ0n) is 10.1. The highest BCUT2D eigenvalue weighted by Gasteiger charge is 2.08. The fourth-order valence-electron chi connectivity index (χ4n) is 1.71. The van der Waals surface area contributed by atoms with Crippen molar-refractivity contribution < 1.29 is 9.63 Å². The minimum Gasteiger partial charge on any atom is -0.508 e. The number of nitrogens with zero attached hydrogens (tertiary/aromatic N) is 1. The minimum atomic E-state index is 0.254. The Morgan fingerprint density at radius 3 is 3.06 bits per heavy atom. The molecular weight excluding hydrogens is 230 g/mol. The summed E-state index contributed by atoms with van der Waals surface area (Å²) < 4.78 is 5.21. The van der Waals surface area contributed by atoms with Crippen molar-refractivity contribution in [2.24, 2.45) is 5.73 Å². The first-order chi connectivity index (χ1) is 8.79. The van der Waals surface area contributed by atoms with Gasteiger partial charge >= 0.3 is 0 Å². The van der Waals surface area contributed by atoms with Crippen LogP contribution in [0.15, 0.2) is 35.0 Å². The van der Waals surface area contributed by atoms with Gasteiger partial charge in [0, 0.05) is 13.0 Å². The Morgan fingerprint density at radius 1 is 1.39 bits per heavy atom. The summed E-state index contributed by atoms with van der Waals surface area (Å²) in [7, 11) is 0. The molecule has 0 aliphatic rings. The van der Waals surface area contributed by atoms with Crippen LogP contribution in [0.25, 0.3) is 0 Å². The number of benzene rings is 1. The fourth-order valence-corrected chi connectivity index (χ4v) is 1.71. The first kappa shape index (κ1) is 12.4. The summed E-state index contributed by atoms with van der Waals surface area (Å²) in [4.78, 5) is 0. The van der Waals surface area contributed by atoms with Gasteiger partial charge in [-0.25, -0.2) is 0 Å². The molecule has 18 heavy (non-hydrogen) atoms. The van der Waals surface area contributed by atoms with Crippen LogP contribution in [-0.2, 0) is 6.42 Å². The SMILES string of the molecule is NCCCNc1cnoc1Cc1cccc(O)c1. The van der Waals surface area contributed by atoms with Crippen molar-refractivity contribution in [2.75, 3.05) is 18.4 Å². The quantitative estimate of drug-likeness (QED) is 0.677. The third-order valence-corrected chi connectivity index (χ3v) is 2.62. The lowest BCUT2D eigenvalue weighted by Gasteiger charge is -2.04. The van der Waals surface area contributed by atoms with Gasteiger partial charge in [0.25, 0.3) is 0 Å². The van der Waals surface area contributed by atoms with E-state index in [0.717, 1.165) is 30.0 Å². The van der Waals surface area contributed by atoms with Crippen LogP contribution >= 0.6 is 0 Å². The molecule has 0 unspecified atom stereocenters. The number of nitrogens with two attached hydrogens (primary N) is 1. The van der Waals surface area contributed by atoms with E-state index >= 15 is 0 Å². The maximum atomic E-state index is 9.41. The molecule has 0 atom stereocenters. The molecule has 0 radical (unpaired) electrons. The summed E-state index contributed by atoms with van der Waals surface area (Å²) >= 11 is 0. The predicted octanol–water partition coefficient (Wildman–Crippen LogP) is 1.73. The Morgan fingerprint density at radius 2 is 2.28 bits per heavy atom. The predicted molar refractivity (Wildman–Crippen MR) is 69.6 cm³/mol. The van der Waals surface area contributed by atoms with Crippen LogP contribution in [0.1, 0.15) is 17.7 Å². The molecule has 96 valence electrons. The molecule has 0 fully saturated rings. The molecule has 5 heteroatoms. The molecule has 0 saturated carbocycles. The van der Waals surface area contributed by atoms with Crippen molar-refractivity contribution in [3.63, 3.8) is 0 Å². The molecule has 1 aromatic heterocycles. The average Bonchev–Trinajstić information content (AvgIpc) is 2.77. The molecule has 1 aromatic carbocycles. The summed E-state index contributed by atoms with van der Waals surface area (Å²) in [6.45, 7) is 1.45. The lowest BCUT2D eigenvalue weighted by molar-refractivity contribution is 0.390. The molecule has 0 bridgehead atoms. The van der Waals surface area contributed by atoms with Crippen LogP contribution in [0, 0.1) is 0 Å². The molecule has 5 nitrogen and oxygen atoms in total. The van der Waals surface area contributed by atoms with Crippen LogP contribution in [-0.4, -0.2) is 23.4 Å². The minimum absolute atomic E-state index is 0.254. The topological polar surface area (TPSA) is 84.3 Å². The number of hydrogen-bond donors (Lipinski definition) is 3. The zero-order valence-corrected chi connectivity index (χ0v) is 10.1. The van der Waals surface area contributed by atoms with E-state index in [4.69, 9.17) is 10.3 Å². The van der Waals surface area contributed by atoms with E-state index in [1.807, 2.05) is 12.1 Å². The van der Waals surface area contributed by atoms with Gasteiger partial charge in [-0.15, -0.1) is 0 Å². The summed E-state index contributed by atoms with van der Waals surface area (Å²) in [5.41, 5.74) is 7.30. The number of phenolic OH excluding ortho intramolecular Hbond substituents is 1. The first-order valence-electron chi connectivity index (χ1n) is 5.95. The molecule has 4 N–H and O–H groups in total. The lowest BCUT2D eigenvalue weighted by Crippen LogP contribution is -2.08. The summed E-state index contributed by atoms with van der Waals surface area (Å²) in [6.07, 6.45) is 3.16. The average molecular weight is 247 g/mol. The molecule has 0 saturated heterocycles. The Labute approximate surface area is 106 Å². The van der Waals surface area contributed by atoms with E-state index in [0.29, 0.717) is 13.0 Å². The summed E-state index contributed by atoms with van der Waals surface area (Å²) in [6, 6.07) is 7.10. The van der Waals surface area contributed by atoms with Gasteiger partial charge in [-0.3, -0.25) is 0 Å². The maximum absolute atomic E-state index is 9.41. The van der Waals surface area contributed by atoms with Crippen molar-refractivity contribution >= 4 is 5.69 Å². The Hall–Kier alpha value is -2.01. The van der Waals surface area contributed by atoms with Gasteiger partial charge in [0.05, 0.1) is 11.9 Å². The smallest absolute Gasteiger partial charge is 0.164 e. The van der Waals surface area contributed by atoms with Crippen molar-refractivity contribution in [1.82, 2.24) is 5.16 Å². The Kier molecular flexibility index (Phi) is 4.20. The zero-order chi connectivity index (χ0) is 12.8. The third-order valence-electron chi connectivity index (χ3n) is 2.62. The standard InChI is InChI=1S/C13H17N3O2/c14-5-2-6-15-12-9-16-18-13(12)8-10-3-1-4-11(17)7-10/h1,3-4,7,9,15,17H,2,5-6,8,14H2. The number of phenols is 1. The summed E-state index contributed by atoms with van der Waals surface area (Å²) in [5, 5.41) is 16.4. The second-order valence-electron chi connectivity index (χ2n) is 4.08. The molecule has 2 rings (SSSR count). The molecule has 2 aromatic rings. The van der Waals surface area contributed by atoms with Crippen molar-refractivity contribution in [2.45, 2.75) is 12.8 Å². The van der Waals surface area contributed by atoms with Gasteiger partial charge in [0.15, 0.2) is 5.76 Å². The van der Waals surface area contributed by atoms with E-state index in [1.54, 1.807) is 18.3 Å². The highest BCUT2D eigenvalue weighted by Crippen LogP contribution is 2.20. The van der Waals surface area contributed by atoms with Crippen molar-refractivity contribution in [3.05, 3.63) is 41.8 Å². The first-order valence-corrected chi connectivity index (χ1v) is 5.95. The van der Waals surface area contributed by atoms with E-state index in [-0.39, 0.29) is 5.75 Å². The number of hydrogen-bond acceptors (Lipinski definition) is 5. The maximum Gasteiger partial charge on any atom is 0.164 e. The van der Waals surface area contributed by atoms with E-state index < -0.39 is 0 Å². The van der Waals surface area contributed by atoms with Gasteiger partial charge in [0.2, 0.25) is 0 Å². The van der Waals surface area contributed by atoms with E-state index in [9.17, 15) is 5.11 Å². The Balaban J connectivity index is 2.03. The molecule has 0 spiro atoms. The third kappa shape index (κ3) is 3.24. The van der Waals surface area contributed by atoms with Crippen LogP contribution in [0.5, 0.6) is 5.75 Å². The highest BCUT2D eigenvalue weighted by molar-refractivity contribution is 5.46. The normalized spacial score (nSPS) is 10.5. The van der Waals surface area contributed by atoms with E-state index in [1.165, 1.54) is 0 Å². The number of aromatic hydroxyl groups is 1. The Bertz CT molecular complexity index is 496. The number of aromatic nitrogens is 1.